The molecule has 0 aliphatic rings. The number of carbonyl (C=O) groups excluding carboxylic acids is 1. The molecule has 0 heterocycles. The van der Waals surface area contributed by atoms with E-state index in [0.717, 1.165) is 22.4 Å². The van der Waals surface area contributed by atoms with Gasteiger partial charge in [-0.2, -0.15) is 5.26 Å². The molecule has 0 saturated heterocycles. The minimum absolute atomic E-state index is 0.0757. The van der Waals surface area contributed by atoms with Crippen molar-refractivity contribution in [2.75, 3.05) is 24.3 Å². The number of aryl methyl sites for hydroxylation is 2. The summed E-state index contributed by atoms with van der Waals surface area (Å²) >= 11 is 0. The second kappa shape index (κ2) is 7.47. The van der Waals surface area contributed by atoms with Crippen LogP contribution >= 0.6 is 0 Å². The van der Waals surface area contributed by atoms with Crippen LogP contribution in [-0.4, -0.2) is 20.0 Å². The molecule has 0 unspecified atom stereocenters. The van der Waals surface area contributed by atoms with Gasteiger partial charge in [-0.3, -0.25) is 4.79 Å². The second-order valence-electron chi connectivity index (χ2n) is 5.99. The molecule has 0 aliphatic heterocycles. The van der Waals surface area contributed by atoms with Crippen LogP contribution in [0, 0.1) is 25.2 Å². The Hall–Kier alpha value is -3.06. The van der Waals surface area contributed by atoms with Crippen molar-refractivity contribution in [2.45, 2.75) is 13.8 Å². The van der Waals surface area contributed by atoms with Crippen LogP contribution in [0.15, 0.2) is 48.0 Å². The molecule has 2 rings (SSSR count). The lowest BCUT2D eigenvalue weighted by Gasteiger charge is -2.12. The van der Waals surface area contributed by atoms with Gasteiger partial charge in [0.05, 0.1) is 0 Å². The summed E-state index contributed by atoms with van der Waals surface area (Å²) in [6.45, 7) is 3.94. The largest absolute Gasteiger partial charge is 0.378 e. The molecule has 2 aromatic rings. The van der Waals surface area contributed by atoms with Gasteiger partial charge in [0.2, 0.25) is 0 Å². The molecule has 24 heavy (non-hydrogen) atoms. The fourth-order valence-corrected chi connectivity index (χ4v) is 2.43. The number of nitriles is 1. The van der Waals surface area contributed by atoms with E-state index >= 15 is 0 Å². The number of benzene rings is 2. The Morgan fingerprint density at radius 1 is 1.08 bits per heavy atom. The highest BCUT2D eigenvalue weighted by molar-refractivity contribution is 6.09. The zero-order valence-corrected chi connectivity index (χ0v) is 14.4. The third-order valence-electron chi connectivity index (χ3n) is 3.57. The Balaban J connectivity index is 2.20. The molecule has 0 fully saturated rings. The molecule has 0 radical (unpaired) electrons. The zero-order valence-electron chi connectivity index (χ0n) is 14.4. The molecule has 0 aliphatic carbocycles. The predicted octanol–water partition coefficient (Wildman–Crippen LogP) is 3.92. The average molecular weight is 319 g/mol. The van der Waals surface area contributed by atoms with E-state index in [2.05, 4.69) is 5.32 Å². The molecule has 1 N–H and O–H groups in total. The van der Waals surface area contributed by atoms with E-state index in [1.54, 1.807) is 6.08 Å². The molecule has 1 amide bonds. The SMILES string of the molecule is Cc1cc(C)cc(NC(=O)/C(C#N)=C/c2ccc(N(C)C)cc2)c1. The Morgan fingerprint density at radius 3 is 2.17 bits per heavy atom. The van der Waals surface area contributed by atoms with Crippen LogP contribution < -0.4 is 10.2 Å². The van der Waals surface area contributed by atoms with E-state index < -0.39 is 5.91 Å². The summed E-state index contributed by atoms with van der Waals surface area (Å²) in [7, 11) is 3.92. The number of carbonyl (C=O) groups is 1. The molecular weight excluding hydrogens is 298 g/mol. The van der Waals surface area contributed by atoms with Gasteiger partial charge in [0, 0.05) is 25.5 Å². The standard InChI is InChI=1S/C20H21N3O/c1-14-9-15(2)11-18(10-14)22-20(24)17(13-21)12-16-5-7-19(8-6-16)23(3)4/h5-12H,1-4H3,(H,22,24)/b17-12+. The van der Waals surface area contributed by atoms with Crippen molar-refractivity contribution < 1.29 is 4.79 Å². The summed E-state index contributed by atoms with van der Waals surface area (Å²) < 4.78 is 0. The fourth-order valence-electron chi connectivity index (χ4n) is 2.43. The maximum atomic E-state index is 12.3. The summed E-state index contributed by atoms with van der Waals surface area (Å²) in [5.41, 5.74) is 4.77. The summed E-state index contributed by atoms with van der Waals surface area (Å²) in [5, 5.41) is 12.1. The normalized spacial score (nSPS) is 10.9. The Kier molecular flexibility index (Phi) is 5.39. The molecule has 122 valence electrons. The lowest BCUT2D eigenvalue weighted by Crippen LogP contribution is -2.13. The lowest BCUT2D eigenvalue weighted by molar-refractivity contribution is -0.112. The molecule has 4 nitrogen and oxygen atoms in total. The van der Waals surface area contributed by atoms with E-state index in [0.29, 0.717) is 5.69 Å². The molecule has 0 bridgehead atoms. The van der Waals surface area contributed by atoms with Crippen molar-refractivity contribution in [3.05, 3.63) is 64.7 Å². The van der Waals surface area contributed by atoms with Crippen molar-refractivity contribution in [3.8, 4) is 6.07 Å². The van der Waals surface area contributed by atoms with Gasteiger partial charge in [-0.05, 0) is 60.9 Å². The minimum Gasteiger partial charge on any atom is -0.378 e. The maximum absolute atomic E-state index is 12.3. The third kappa shape index (κ3) is 4.47. The van der Waals surface area contributed by atoms with Crippen LogP contribution in [0.3, 0.4) is 0 Å². The maximum Gasteiger partial charge on any atom is 0.266 e. The zero-order chi connectivity index (χ0) is 17.7. The summed E-state index contributed by atoms with van der Waals surface area (Å²) in [6, 6.07) is 15.4. The van der Waals surface area contributed by atoms with Gasteiger partial charge >= 0.3 is 0 Å². The highest BCUT2D eigenvalue weighted by atomic mass is 16.1. The summed E-state index contributed by atoms with van der Waals surface area (Å²) in [5.74, 6) is -0.404. The first-order valence-electron chi connectivity index (χ1n) is 7.68. The van der Waals surface area contributed by atoms with Crippen LogP contribution in [-0.2, 0) is 4.79 Å². The van der Waals surface area contributed by atoms with Crippen molar-refractivity contribution in [1.29, 1.82) is 5.26 Å². The minimum atomic E-state index is -0.404. The Labute approximate surface area is 143 Å². The van der Waals surface area contributed by atoms with E-state index in [1.165, 1.54) is 0 Å². The molecule has 0 atom stereocenters. The number of amides is 1. The first-order chi connectivity index (χ1) is 11.4. The molecule has 0 aromatic heterocycles. The van der Waals surface area contributed by atoms with Gasteiger partial charge in [-0.1, -0.05) is 18.2 Å². The number of nitrogens with one attached hydrogen (secondary N) is 1. The van der Waals surface area contributed by atoms with E-state index in [9.17, 15) is 10.1 Å². The Morgan fingerprint density at radius 2 is 1.67 bits per heavy atom. The van der Waals surface area contributed by atoms with Crippen molar-refractivity contribution >= 4 is 23.4 Å². The molecular formula is C20H21N3O. The number of hydrogen-bond acceptors (Lipinski definition) is 3. The molecule has 2 aromatic carbocycles. The van der Waals surface area contributed by atoms with Gasteiger partial charge in [0.25, 0.3) is 5.91 Å². The van der Waals surface area contributed by atoms with Crippen LogP contribution in [0.1, 0.15) is 16.7 Å². The average Bonchev–Trinajstić information content (AvgIpc) is 2.51. The highest BCUT2D eigenvalue weighted by Gasteiger charge is 2.10. The molecule has 0 saturated carbocycles. The molecule has 4 heteroatoms. The molecule has 0 spiro atoms. The number of nitrogens with zero attached hydrogens (tertiary/aromatic N) is 2. The Bertz CT molecular complexity index is 792. The smallest absolute Gasteiger partial charge is 0.266 e. The third-order valence-corrected chi connectivity index (χ3v) is 3.57. The van der Waals surface area contributed by atoms with Crippen molar-refractivity contribution in [3.63, 3.8) is 0 Å². The van der Waals surface area contributed by atoms with Crippen LogP contribution in [0.5, 0.6) is 0 Å². The summed E-state index contributed by atoms with van der Waals surface area (Å²) in [4.78, 5) is 14.3. The van der Waals surface area contributed by atoms with Crippen LogP contribution in [0.25, 0.3) is 6.08 Å². The van der Waals surface area contributed by atoms with Gasteiger partial charge in [0.15, 0.2) is 0 Å². The van der Waals surface area contributed by atoms with E-state index in [-0.39, 0.29) is 5.57 Å². The number of anilines is 2. The highest BCUT2D eigenvalue weighted by Crippen LogP contribution is 2.17. The van der Waals surface area contributed by atoms with E-state index in [4.69, 9.17) is 0 Å². The summed E-state index contributed by atoms with van der Waals surface area (Å²) in [6.07, 6.45) is 1.59. The number of hydrogen-bond donors (Lipinski definition) is 1. The predicted molar refractivity (Wildman–Crippen MR) is 98.9 cm³/mol. The van der Waals surface area contributed by atoms with Crippen LogP contribution in [0.4, 0.5) is 11.4 Å². The number of rotatable bonds is 4. The first kappa shape index (κ1) is 17.3. The van der Waals surface area contributed by atoms with Gasteiger partial charge in [-0.25, -0.2) is 0 Å². The topological polar surface area (TPSA) is 56.1 Å². The van der Waals surface area contributed by atoms with Gasteiger partial charge < -0.3 is 10.2 Å². The van der Waals surface area contributed by atoms with Gasteiger partial charge in [-0.15, -0.1) is 0 Å². The fraction of sp³-hybridized carbons (Fsp3) is 0.200. The monoisotopic (exact) mass is 319 g/mol. The first-order valence-corrected chi connectivity index (χ1v) is 7.68. The lowest BCUT2D eigenvalue weighted by atomic mass is 10.1. The van der Waals surface area contributed by atoms with E-state index in [1.807, 2.05) is 81.4 Å². The van der Waals surface area contributed by atoms with Gasteiger partial charge in [0.1, 0.15) is 11.6 Å². The second-order valence-corrected chi connectivity index (χ2v) is 5.99. The quantitative estimate of drug-likeness (QED) is 0.686. The van der Waals surface area contributed by atoms with Crippen molar-refractivity contribution in [2.24, 2.45) is 0 Å². The van der Waals surface area contributed by atoms with Crippen molar-refractivity contribution in [1.82, 2.24) is 0 Å². The van der Waals surface area contributed by atoms with Crippen LogP contribution in [0.2, 0.25) is 0 Å².